The fourth-order valence-electron chi connectivity index (χ4n) is 1.74. The lowest BCUT2D eigenvalue weighted by Crippen LogP contribution is -2.37. The van der Waals surface area contributed by atoms with E-state index in [0.29, 0.717) is 5.56 Å². The second-order valence-electron chi connectivity index (χ2n) is 5.68. The topological polar surface area (TPSA) is 115 Å². The van der Waals surface area contributed by atoms with Gasteiger partial charge in [0.25, 0.3) is 0 Å². The van der Waals surface area contributed by atoms with E-state index in [9.17, 15) is 14.7 Å². The Hall–Kier alpha value is -2.15. The molecule has 0 spiro atoms. The minimum Gasteiger partial charge on any atom is -0.478 e. The van der Waals surface area contributed by atoms with E-state index in [4.69, 9.17) is 10.5 Å². The van der Waals surface area contributed by atoms with Gasteiger partial charge in [-0.2, -0.15) is 0 Å². The number of alkyl carbamates (subject to hydrolysis) is 1. The summed E-state index contributed by atoms with van der Waals surface area (Å²) in [5, 5.41) is 11.7. The van der Waals surface area contributed by atoms with Crippen molar-refractivity contribution in [3.63, 3.8) is 0 Å². The van der Waals surface area contributed by atoms with Gasteiger partial charge in [-0.25, -0.2) is 9.59 Å². The van der Waals surface area contributed by atoms with Crippen LogP contribution in [-0.4, -0.2) is 34.3 Å². The Morgan fingerprint density at radius 3 is 2.62 bits per heavy atom. The first-order chi connectivity index (χ1) is 9.61. The molecule has 7 heteroatoms. The summed E-state index contributed by atoms with van der Waals surface area (Å²) in [6.07, 6.45) is 0.882. The quantitative estimate of drug-likeness (QED) is 0.777. The van der Waals surface area contributed by atoms with Crippen LogP contribution >= 0.6 is 0 Å². The van der Waals surface area contributed by atoms with Crippen molar-refractivity contribution in [1.82, 2.24) is 10.3 Å². The average molecular weight is 295 g/mol. The summed E-state index contributed by atoms with van der Waals surface area (Å²) in [5.74, 6) is -1.09. The molecule has 0 aliphatic heterocycles. The average Bonchev–Trinajstić information content (AvgIpc) is 2.33. The molecule has 0 unspecified atom stereocenters. The lowest BCUT2D eigenvalue weighted by Gasteiger charge is -2.21. The molecule has 7 nitrogen and oxygen atoms in total. The Labute approximate surface area is 123 Å². The lowest BCUT2D eigenvalue weighted by molar-refractivity contribution is 0.0524. The molecule has 0 bridgehead atoms. The van der Waals surface area contributed by atoms with Gasteiger partial charge in [0.2, 0.25) is 0 Å². The first-order valence-electron chi connectivity index (χ1n) is 6.53. The summed E-state index contributed by atoms with van der Waals surface area (Å²) in [5.41, 5.74) is 6.18. The third kappa shape index (κ3) is 5.03. The summed E-state index contributed by atoms with van der Waals surface area (Å²) in [4.78, 5) is 26.8. The standard InChI is InChI=1S/C14H21N3O4/c1-8-5-6-16-11(10(8)12(18)19)9(15)7-17-13(20)21-14(2,3)4/h5-6,9H,7,15H2,1-4H3,(H,17,20)(H,18,19)/t9-/m0/s1. The maximum Gasteiger partial charge on any atom is 0.407 e. The van der Waals surface area contributed by atoms with E-state index in [0.717, 1.165) is 0 Å². The minimum atomic E-state index is -1.09. The van der Waals surface area contributed by atoms with Crippen LogP contribution in [0.25, 0.3) is 0 Å². The number of carbonyl (C=O) groups is 2. The number of carboxylic acids is 1. The van der Waals surface area contributed by atoms with Gasteiger partial charge in [0.15, 0.2) is 0 Å². The number of rotatable bonds is 4. The van der Waals surface area contributed by atoms with Crippen LogP contribution in [0.2, 0.25) is 0 Å². The second kappa shape index (κ2) is 6.53. The van der Waals surface area contributed by atoms with Crippen LogP contribution in [0, 0.1) is 6.92 Å². The number of nitrogens with one attached hydrogen (secondary N) is 1. The van der Waals surface area contributed by atoms with Gasteiger partial charge >= 0.3 is 12.1 Å². The molecule has 0 aliphatic carbocycles. The number of carboxylic acid groups (broad SMARTS) is 1. The summed E-state index contributed by atoms with van der Waals surface area (Å²) < 4.78 is 5.08. The highest BCUT2D eigenvalue weighted by molar-refractivity contribution is 5.90. The van der Waals surface area contributed by atoms with Crippen molar-refractivity contribution in [2.75, 3.05) is 6.54 Å². The van der Waals surface area contributed by atoms with E-state index >= 15 is 0 Å². The molecular weight excluding hydrogens is 274 g/mol. The fraction of sp³-hybridized carbons (Fsp3) is 0.500. The monoisotopic (exact) mass is 295 g/mol. The molecule has 0 saturated carbocycles. The van der Waals surface area contributed by atoms with Crippen molar-refractivity contribution in [3.05, 3.63) is 29.1 Å². The van der Waals surface area contributed by atoms with E-state index < -0.39 is 23.7 Å². The highest BCUT2D eigenvalue weighted by Crippen LogP contribution is 2.17. The Balaban J connectivity index is 2.77. The molecule has 1 heterocycles. The summed E-state index contributed by atoms with van der Waals surface area (Å²) >= 11 is 0. The minimum absolute atomic E-state index is 0.0334. The Morgan fingerprint density at radius 1 is 1.48 bits per heavy atom. The number of carbonyl (C=O) groups excluding carboxylic acids is 1. The smallest absolute Gasteiger partial charge is 0.407 e. The van der Waals surface area contributed by atoms with Crippen LogP contribution in [0.4, 0.5) is 4.79 Å². The van der Waals surface area contributed by atoms with Crippen LogP contribution in [0.3, 0.4) is 0 Å². The molecule has 21 heavy (non-hydrogen) atoms. The molecule has 0 fully saturated rings. The molecule has 4 N–H and O–H groups in total. The van der Waals surface area contributed by atoms with Gasteiger partial charge in [0.1, 0.15) is 5.60 Å². The summed E-state index contributed by atoms with van der Waals surface area (Å²) in [7, 11) is 0. The van der Waals surface area contributed by atoms with Crippen LogP contribution < -0.4 is 11.1 Å². The van der Waals surface area contributed by atoms with Crippen molar-refractivity contribution >= 4 is 12.1 Å². The molecule has 0 aliphatic rings. The number of ether oxygens (including phenoxy) is 1. The number of aryl methyl sites for hydroxylation is 1. The molecule has 1 rings (SSSR count). The molecule has 0 saturated heterocycles. The van der Waals surface area contributed by atoms with Crippen LogP contribution in [-0.2, 0) is 4.74 Å². The SMILES string of the molecule is Cc1ccnc([C@@H](N)CNC(=O)OC(C)(C)C)c1C(=O)O. The van der Waals surface area contributed by atoms with Gasteiger partial charge in [-0.05, 0) is 39.3 Å². The number of aromatic carboxylic acids is 1. The molecular formula is C14H21N3O4. The fourth-order valence-corrected chi connectivity index (χ4v) is 1.74. The number of nitrogens with two attached hydrogens (primary N) is 1. The molecule has 1 aromatic rings. The van der Waals surface area contributed by atoms with Crippen molar-refractivity contribution in [1.29, 1.82) is 0 Å². The number of pyridine rings is 1. The van der Waals surface area contributed by atoms with Crippen molar-refractivity contribution in [3.8, 4) is 0 Å². The van der Waals surface area contributed by atoms with E-state index in [-0.39, 0.29) is 17.8 Å². The van der Waals surface area contributed by atoms with Crippen molar-refractivity contribution in [2.45, 2.75) is 39.3 Å². The maximum atomic E-state index is 11.6. The van der Waals surface area contributed by atoms with E-state index in [1.165, 1.54) is 6.20 Å². The zero-order valence-corrected chi connectivity index (χ0v) is 12.6. The van der Waals surface area contributed by atoms with Crippen molar-refractivity contribution in [2.24, 2.45) is 5.73 Å². The van der Waals surface area contributed by atoms with Gasteiger partial charge in [0, 0.05) is 12.7 Å². The van der Waals surface area contributed by atoms with Gasteiger partial charge < -0.3 is 20.9 Å². The second-order valence-corrected chi connectivity index (χ2v) is 5.68. The third-order valence-electron chi connectivity index (χ3n) is 2.62. The Kier molecular flexibility index (Phi) is 5.26. The van der Waals surface area contributed by atoms with Crippen molar-refractivity contribution < 1.29 is 19.4 Å². The highest BCUT2D eigenvalue weighted by Gasteiger charge is 2.21. The van der Waals surface area contributed by atoms with E-state index in [1.807, 2.05) is 0 Å². The summed E-state index contributed by atoms with van der Waals surface area (Å²) in [6.45, 7) is 6.94. The molecule has 1 atom stereocenters. The molecule has 1 aromatic heterocycles. The number of aromatic nitrogens is 1. The lowest BCUT2D eigenvalue weighted by atomic mass is 10.0. The zero-order chi connectivity index (χ0) is 16.2. The van der Waals surface area contributed by atoms with Gasteiger partial charge in [-0.3, -0.25) is 4.98 Å². The Morgan fingerprint density at radius 2 is 2.10 bits per heavy atom. The third-order valence-corrected chi connectivity index (χ3v) is 2.62. The molecule has 0 aromatic carbocycles. The van der Waals surface area contributed by atoms with Gasteiger partial charge in [-0.1, -0.05) is 0 Å². The van der Waals surface area contributed by atoms with Gasteiger partial charge in [-0.15, -0.1) is 0 Å². The number of amides is 1. The molecule has 0 radical (unpaired) electrons. The zero-order valence-electron chi connectivity index (χ0n) is 12.6. The first-order valence-corrected chi connectivity index (χ1v) is 6.53. The number of nitrogens with zero attached hydrogens (tertiary/aromatic N) is 1. The van der Waals surface area contributed by atoms with Crippen LogP contribution in [0.15, 0.2) is 12.3 Å². The number of hydrogen-bond donors (Lipinski definition) is 3. The largest absolute Gasteiger partial charge is 0.478 e. The van der Waals surface area contributed by atoms with Gasteiger partial charge in [0.05, 0.1) is 17.3 Å². The van der Waals surface area contributed by atoms with Crippen LogP contribution in [0.1, 0.15) is 48.4 Å². The first kappa shape index (κ1) is 16.9. The molecule has 1 amide bonds. The Bertz CT molecular complexity index is 538. The van der Waals surface area contributed by atoms with E-state index in [1.54, 1.807) is 33.8 Å². The maximum absolute atomic E-state index is 11.6. The van der Waals surface area contributed by atoms with E-state index in [2.05, 4.69) is 10.3 Å². The molecule has 116 valence electrons. The highest BCUT2D eigenvalue weighted by atomic mass is 16.6. The number of hydrogen-bond acceptors (Lipinski definition) is 5. The predicted octanol–water partition coefficient (Wildman–Crippen LogP) is 1.61. The normalized spacial score (nSPS) is 12.6. The van der Waals surface area contributed by atoms with Crippen LogP contribution in [0.5, 0.6) is 0 Å². The summed E-state index contributed by atoms with van der Waals surface area (Å²) in [6, 6.07) is 0.865. The predicted molar refractivity (Wildman–Crippen MR) is 77.1 cm³/mol.